The summed E-state index contributed by atoms with van der Waals surface area (Å²) >= 11 is 0. The van der Waals surface area contributed by atoms with Gasteiger partial charge in [-0.1, -0.05) is 12.1 Å². The number of carbonyl (C=O) groups excluding carboxylic acids is 2. The number of methoxy groups -OCH3 is 2. The van der Waals surface area contributed by atoms with Gasteiger partial charge in [-0.15, -0.1) is 5.10 Å². The van der Waals surface area contributed by atoms with E-state index in [9.17, 15) is 9.59 Å². The molecule has 2 aromatic carbocycles. The molecule has 152 valence electrons. The standard InChI is InChI=1S/C21H19N5O4/c1-29-17-5-3-4-15(10-17)12-23-18(27)13-26-20(21(28)30-2)24-19(25-26)16-8-6-14(11-22)7-9-16/h3-10H,12-13H2,1-2H3,(H,23,27). The lowest BCUT2D eigenvalue weighted by Crippen LogP contribution is -2.29. The Kier molecular flexibility index (Phi) is 6.39. The van der Waals surface area contributed by atoms with Crippen LogP contribution >= 0.6 is 0 Å². The molecule has 1 heterocycles. The van der Waals surface area contributed by atoms with Gasteiger partial charge in [0.2, 0.25) is 11.7 Å². The molecule has 0 aliphatic rings. The zero-order valence-electron chi connectivity index (χ0n) is 16.5. The van der Waals surface area contributed by atoms with Crippen molar-refractivity contribution in [3.8, 4) is 23.2 Å². The minimum atomic E-state index is -0.706. The zero-order valence-corrected chi connectivity index (χ0v) is 16.5. The number of ether oxygens (including phenoxy) is 2. The Morgan fingerprint density at radius 1 is 1.17 bits per heavy atom. The van der Waals surface area contributed by atoms with Crippen molar-refractivity contribution in [2.24, 2.45) is 0 Å². The molecule has 1 aromatic heterocycles. The summed E-state index contributed by atoms with van der Waals surface area (Å²) in [4.78, 5) is 28.7. The molecule has 9 nitrogen and oxygen atoms in total. The van der Waals surface area contributed by atoms with Crippen molar-refractivity contribution in [3.05, 3.63) is 65.5 Å². The van der Waals surface area contributed by atoms with Crippen LogP contribution < -0.4 is 10.1 Å². The van der Waals surface area contributed by atoms with Crippen LogP contribution in [0.5, 0.6) is 5.75 Å². The third-order valence-corrected chi connectivity index (χ3v) is 4.23. The van der Waals surface area contributed by atoms with E-state index in [1.165, 1.54) is 11.8 Å². The highest BCUT2D eigenvalue weighted by Gasteiger charge is 2.20. The number of rotatable bonds is 7. The Bertz CT molecular complexity index is 1100. The highest BCUT2D eigenvalue weighted by Crippen LogP contribution is 2.17. The molecule has 30 heavy (non-hydrogen) atoms. The fraction of sp³-hybridized carbons (Fsp3) is 0.190. The molecule has 0 unspecified atom stereocenters. The molecule has 9 heteroatoms. The van der Waals surface area contributed by atoms with Crippen molar-refractivity contribution in [2.45, 2.75) is 13.1 Å². The van der Waals surface area contributed by atoms with Gasteiger partial charge in [0.05, 0.1) is 25.9 Å². The van der Waals surface area contributed by atoms with Crippen LogP contribution in [0, 0.1) is 11.3 Å². The maximum Gasteiger partial charge on any atom is 0.375 e. The smallest absolute Gasteiger partial charge is 0.375 e. The largest absolute Gasteiger partial charge is 0.497 e. The number of esters is 1. The SMILES string of the molecule is COC(=O)c1nc(-c2ccc(C#N)cc2)nn1CC(=O)NCc1cccc(OC)c1. The summed E-state index contributed by atoms with van der Waals surface area (Å²) in [5.41, 5.74) is 1.96. The summed E-state index contributed by atoms with van der Waals surface area (Å²) in [7, 11) is 2.80. The molecular formula is C21H19N5O4. The van der Waals surface area contributed by atoms with E-state index in [2.05, 4.69) is 15.4 Å². The van der Waals surface area contributed by atoms with Gasteiger partial charge in [0.15, 0.2) is 5.82 Å². The minimum absolute atomic E-state index is 0.0895. The molecule has 0 aliphatic carbocycles. The predicted octanol–water partition coefficient (Wildman–Crippen LogP) is 1.93. The quantitative estimate of drug-likeness (QED) is 0.597. The number of carbonyl (C=O) groups is 2. The lowest BCUT2D eigenvalue weighted by molar-refractivity contribution is -0.122. The maximum absolute atomic E-state index is 12.4. The second kappa shape index (κ2) is 9.34. The van der Waals surface area contributed by atoms with Crippen LogP contribution in [0.4, 0.5) is 0 Å². The van der Waals surface area contributed by atoms with E-state index in [1.54, 1.807) is 31.4 Å². The lowest BCUT2D eigenvalue weighted by Gasteiger charge is -2.08. The fourth-order valence-electron chi connectivity index (χ4n) is 2.69. The van der Waals surface area contributed by atoms with E-state index in [0.29, 0.717) is 23.4 Å². The number of aromatic nitrogens is 3. The molecule has 1 N–H and O–H groups in total. The van der Waals surface area contributed by atoms with Crippen molar-refractivity contribution >= 4 is 11.9 Å². The van der Waals surface area contributed by atoms with Crippen LogP contribution in [0.2, 0.25) is 0 Å². The minimum Gasteiger partial charge on any atom is -0.497 e. The third kappa shape index (κ3) is 4.80. The Morgan fingerprint density at radius 2 is 1.93 bits per heavy atom. The van der Waals surface area contributed by atoms with Gasteiger partial charge in [0.25, 0.3) is 0 Å². The Hall–Kier alpha value is -4.19. The summed E-state index contributed by atoms with van der Waals surface area (Å²) in [6, 6.07) is 15.9. The van der Waals surface area contributed by atoms with Gasteiger partial charge < -0.3 is 14.8 Å². The number of benzene rings is 2. The first kappa shape index (κ1) is 20.5. The lowest BCUT2D eigenvalue weighted by atomic mass is 10.1. The number of hydrogen-bond donors (Lipinski definition) is 1. The summed E-state index contributed by atoms with van der Waals surface area (Å²) in [5, 5.41) is 16.0. The van der Waals surface area contributed by atoms with Crippen molar-refractivity contribution < 1.29 is 19.1 Å². The molecule has 0 spiro atoms. The van der Waals surface area contributed by atoms with Crippen LogP contribution in [-0.2, 0) is 22.6 Å². The average Bonchev–Trinajstić information content (AvgIpc) is 3.21. The molecular weight excluding hydrogens is 386 g/mol. The summed E-state index contributed by atoms with van der Waals surface area (Å²) in [5.74, 6) is -0.200. The van der Waals surface area contributed by atoms with Crippen LogP contribution in [0.15, 0.2) is 48.5 Å². The molecule has 0 saturated carbocycles. The van der Waals surface area contributed by atoms with Crippen LogP contribution in [0.25, 0.3) is 11.4 Å². The molecule has 3 rings (SSSR count). The highest BCUT2D eigenvalue weighted by molar-refractivity contribution is 5.87. The Morgan fingerprint density at radius 3 is 2.60 bits per heavy atom. The van der Waals surface area contributed by atoms with Gasteiger partial charge in [-0.25, -0.2) is 14.5 Å². The number of amides is 1. The van der Waals surface area contributed by atoms with E-state index in [1.807, 2.05) is 30.3 Å². The Labute approximate surface area is 172 Å². The number of nitrogens with zero attached hydrogens (tertiary/aromatic N) is 4. The third-order valence-electron chi connectivity index (χ3n) is 4.23. The van der Waals surface area contributed by atoms with E-state index in [0.717, 1.165) is 5.56 Å². The van der Waals surface area contributed by atoms with Crippen molar-refractivity contribution in [3.63, 3.8) is 0 Å². The van der Waals surface area contributed by atoms with Crippen LogP contribution in [0.3, 0.4) is 0 Å². The molecule has 0 atom stereocenters. The van der Waals surface area contributed by atoms with Gasteiger partial charge in [-0.05, 0) is 42.0 Å². The van der Waals surface area contributed by atoms with E-state index >= 15 is 0 Å². The first-order valence-electron chi connectivity index (χ1n) is 8.97. The van der Waals surface area contributed by atoms with Gasteiger partial charge >= 0.3 is 5.97 Å². The fourth-order valence-corrected chi connectivity index (χ4v) is 2.69. The zero-order chi connectivity index (χ0) is 21.5. The Balaban J connectivity index is 1.76. The van der Waals surface area contributed by atoms with Gasteiger partial charge in [-0.3, -0.25) is 4.79 Å². The van der Waals surface area contributed by atoms with E-state index < -0.39 is 5.97 Å². The molecule has 0 bridgehead atoms. The molecule has 0 radical (unpaired) electrons. The highest BCUT2D eigenvalue weighted by atomic mass is 16.5. The van der Waals surface area contributed by atoms with Crippen molar-refractivity contribution in [2.75, 3.05) is 14.2 Å². The first-order chi connectivity index (χ1) is 14.5. The van der Waals surface area contributed by atoms with E-state index in [4.69, 9.17) is 14.7 Å². The molecule has 0 aliphatic heterocycles. The summed E-state index contributed by atoms with van der Waals surface area (Å²) in [6.45, 7) is 0.0818. The topological polar surface area (TPSA) is 119 Å². The predicted molar refractivity (Wildman–Crippen MR) is 106 cm³/mol. The number of hydrogen-bond acceptors (Lipinski definition) is 7. The van der Waals surface area contributed by atoms with Crippen LogP contribution in [0.1, 0.15) is 21.7 Å². The van der Waals surface area contributed by atoms with Gasteiger partial charge in [0.1, 0.15) is 12.3 Å². The molecule has 1 amide bonds. The van der Waals surface area contributed by atoms with Crippen LogP contribution in [-0.4, -0.2) is 40.9 Å². The molecule has 3 aromatic rings. The molecule has 0 fully saturated rings. The monoisotopic (exact) mass is 405 g/mol. The van der Waals surface area contributed by atoms with E-state index in [-0.39, 0.29) is 24.1 Å². The second-order valence-electron chi connectivity index (χ2n) is 6.23. The van der Waals surface area contributed by atoms with Crippen molar-refractivity contribution in [1.29, 1.82) is 5.26 Å². The van der Waals surface area contributed by atoms with Gasteiger partial charge in [0, 0.05) is 12.1 Å². The summed E-state index contributed by atoms with van der Waals surface area (Å²) < 4.78 is 11.1. The first-order valence-corrected chi connectivity index (χ1v) is 8.97. The normalized spacial score (nSPS) is 10.2. The maximum atomic E-state index is 12.4. The number of nitriles is 1. The molecule has 0 saturated heterocycles. The second-order valence-corrected chi connectivity index (χ2v) is 6.23. The van der Waals surface area contributed by atoms with Gasteiger partial charge in [-0.2, -0.15) is 5.26 Å². The summed E-state index contributed by atoms with van der Waals surface area (Å²) in [6.07, 6.45) is 0. The number of nitrogens with one attached hydrogen (secondary N) is 1. The van der Waals surface area contributed by atoms with Crippen molar-refractivity contribution in [1.82, 2.24) is 20.1 Å². The average molecular weight is 405 g/mol.